The first-order valence-electron chi connectivity index (χ1n) is 8.09. The number of benzene rings is 1. The van der Waals surface area contributed by atoms with E-state index in [0.717, 1.165) is 17.5 Å². The highest BCUT2D eigenvalue weighted by Crippen LogP contribution is 2.40. The zero-order valence-electron chi connectivity index (χ0n) is 15.5. The van der Waals surface area contributed by atoms with Crippen molar-refractivity contribution in [1.29, 1.82) is 0 Å². The molecule has 1 nitrogen and oxygen atoms in total. The number of phenols is 1. The van der Waals surface area contributed by atoms with Crippen LogP contribution in [0, 0.1) is 0 Å². The van der Waals surface area contributed by atoms with Gasteiger partial charge in [-0.2, -0.15) is 0 Å². The third kappa shape index (κ3) is 5.17. The fourth-order valence-corrected chi connectivity index (χ4v) is 3.54. The Morgan fingerprint density at radius 3 is 1.52 bits per heavy atom. The highest BCUT2D eigenvalue weighted by molar-refractivity contribution is 6.76. The van der Waals surface area contributed by atoms with Crippen LogP contribution >= 0.6 is 0 Å². The van der Waals surface area contributed by atoms with Crippen molar-refractivity contribution < 1.29 is 5.11 Å². The average molecular weight is 307 g/mol. The topological polar surface area (TPSA) is 20.2 Å². The molecule has 0 aliphatic heterocycles. The molecule has 0 spiro atoms. The van der Waals surface area contributed by atoms with E-state index in [2.05, 4.69) is 73.3 Å². The molecule has 21 heavy (non-hydrogen) atoms. The van der Waals surface area contributed by atoms with Crippen molar-refractivity contribution in [2.24, 2.45) is 0 Å². The van der Waals surface area contributed by atoms with Crippen LogP contribution in [0.5, 0.6) is 5.75 Å². The van der Waals surface area contributed by atoms with E-state index in [1.165, 1.54) is 11.6 Å². The average Bonchev–Trinajstić information content (AvgIpc) is 2.23. The lowest BCUT2D eigenvalue weighted by Crippen LogP contribution is -2.21. The number of rotatable bonds is 3. The molecular formula is C19H34OSi. The van der Waals surface area contributed by atoms with E-state index in [-0.39, 0.29) is 10.8 Å². The Kier molecular flexibility index (Phi) is 5.04. The van der Waals surface area contributed by atoms with Gasteiger partial charge in [-0.3, -0.25) is 0 Å². The molecular weight excluding hydrogens is 272 g/mol. The SMILES string of the molecule is CC(C)(C)c1cc(CC[Si](C)(C)C)cc(C(C)(C)C)c1O. The standard InChI is InChI=1S/C19H34OSi/c1-18(2,3)15-12-14(10-11-21(7,8)9)13-16(17(15)20)19(4,5)6/h12-13,20H,10-11H2,1-9H3. The van der Waals surface area contributed by atoms with Crippen LogP contribution in [-0.2, 0) is 17.3 Å². The zero-order chi connectivity index (χ0) is 16.6. The Hall–Kier alpha value is -0.763. The van der Waals surface area contributed by atoms with Gasteiger partial charge in [0.15, 0.2) is 0 Å². The molecule has 0 amide bonds. The fraction of sp³-hybridized carbons (Fsp3) is 0.684. The first-order valence-corrected chi connectivity index (χ1v) is 11.8. The van der Waals surface area contributed by atoms with Gasteiger partial charge in [0.05, 0.1) is 0 Å². The van der Waals surface area contributed by atoms with Gasteiger partial charge in [0.25, 0.3) is 0 Å². The summed E-state index contributed by atoms with van der Waals surface area (Å²) in [5, 5.41) is 10.7. The van der Waals surface area contributed by atoms with Gasteiger partial charge in [-0.15, -0.1) is 0 Å². The van der Waals surface area contributed by atoms with E-state index >= 15 is 0 Å². The summed E-state index contributed by atoms with van der Waals surface area (Å²) in [4.78, 5) is 0. The third-order valence-corrected chi connectivity index (χ3v) is 5.70. The molecule has 0 radical (unpaired) electrons. The van der Waals surface area contributed by atoms with Crippen molar-refractivity contribution in [1.82, 2.24) is 0 Å². The monoisotopic (exact) mass is 306 g/mol. The van der Waals surface area contributed by atoms with Crippen LogP contribution in [0.25, 0.3) is 0 Å². The number of hydrogen-bond donors (Lipinski definition) is 1. The first kappa shape index (κ1) is 18.3. The van der Waals surface area contributed by atoms with E-state index in [0.29, 0.717) is 5.75 Å². The Morgan fingerprint density at radius 1 is 0.857 bits per heavy atom. The normalized spacial score (nSPS) is 13.6. The molecule has 0 aromatic heterocycles. The second kappa shape index (κ2) is 5.79. The van der Waals surface area contributed by atoms with Crippen LogP contribution in [0.3, 0.4) is 0 Å². The molecule has 0 saturated carbocycles. The summed E-state index contributed by atoms with van der Waals surface area (Å²) in [5.74, 6) is 0.492. The van der Waals surface area contributed by atoms with Gasteiger partial charge in [-0.1, -0.05) is 79.4 Å². The minimum absolute atomic E-state index is 0.0285. The summed E-state index contributed by atoms with van der Waals surface area (Å²) < 4.78 is 0. The van der Waals surface area contributed by atoms with Crippen molar-refractivity contribution in [2.75, 3.05) is 0 Å². The summed E-state index contributed by atoms with van der Waals surface area (Å²) >= 11 is 0. The summed E-state index contributed by atoms with van der Waals surface area (Å²) in [6.07, 6.45) is 1.13. The van der Waals surface area contributed by atoms with Gasteiger partial charge in [-0.05, 0) is 33.9 Å². The Balaban J connectivity index is 3.34. The van der Waals surface area contributed by atoms with E-state index in [9.17, 15) is 5.11 Å². The highest BCUT2D eigenvalue weighted by atomic mass is 28.3. The molecule has 0 aliphatic carbocycles. The lowest BCUT2D eigenvalue weighted by atomic mass is 9.78. The molecule has 2 heteroatoms. The second-order valence-electron chi connectivity index (χ2n) is 9.60. The van der Waals surface area contributed by atoms with Crippen LogP contribution in [0.15, 0.2) is 12.1 Å². The fourth-order valence-electron chi connectivity index (χ4n) is 2.50. The summed E-state index contributed by atoms with van der Waals surface area (Å²) in [5.41, 5.74) is 3.49. The minimum atomic E-state index is -1.04. The predicted octanol–water partition coefficient (Wildman–Crippen LogP) is 5.87. The smallest absolute Gasteiger partial charge is 0.123 e. The van der Waals surface area contributed by atoms with Gasteiger partial charge in [-0.25, -0.2) is 0 Å². The van der Waals surface area contributed by atoms with Gasteiger partial charge in [0.1, 0.15) is 5.75 Å². The van der Waals surface area contributed by atoms with Gasteiger partial charge >= 0.3 is 0 Å². The van der Waals surface area contributed by atoms with E-state index in [1.807, 2.05) is 0 Å². The molecule has 1 aromatic carbocycles. The first-order chi connectivity index (χ1) is 9.22. The highest BCUT2D eigenvalue weighted by Gasteiger charge is 2.26. The van der Waals surface area contributed by atoms with Crippen molar-refractivity contribution in [3.05, 3.63) is 28.8 Å². The van der Waals surface area contributed by atoms with Crippen molar-refractivity contribution >= 4 is 8.07 Å². The molecule has 0 bridgehead atoms. The molecule has 120 valence electrons. The third-order valence-electron chi connectivity index (χ3n) is 3.95. The Bertz CT molecular complexity index is 461. The van der Waals surface area contributed by atoms with Crippen LogP contribution < -0.4 is 0 Å². The maximum Gasteiger partial charge on any atom is 0.123 e. The quantitative estimate of drug-likeness (QED) is 0.693. The molecule has 1 N–H and O–H groups in total. The van der Waals surface area contributed by atoms with E-state index in [4.69, 9.17) is 0 Å². The Labute approximate surface area is 132 Å². The van der Waals surface area contributed by atoms with Crippen LogP contribution in [-0.4, -0.2) is 13.2 Å². The Morgan fingerprint density at radius 2 is 1.24 bits per heavy atom. The maximum atomic E-state index is 10.7. The maximum absolute atomic E-state index is 10.7. The van der Waals surface area contributed by atoms with E-state index < -0.39 is 8.07 Å². The van der Waals surface area contributed by atoms with Gasteiger partial charge < -0.3 is 5.11 Å². The minimum Gasteiger partial charge on any atom is -0.507 e. The predicted molar refractivity (Wildman–Crippen MR) is 97.4 cm³/mol. The summed E-state index contributed by atoms with van der Waals surface area (Å²) in [6.45, 7) is 20.3. The van der Waals surface area contributed by atoms with Crippen LogP contribution in [0.2, 0.25) is 25.7 Å². The largest absolute Gasteiger partial charge is 0.507 e. The molecule has 0 fully saturated rings. The molecule has 0 aliphatic rings. The molecule has 0 unspecified atom stereocenters. The van der Waals surface area contributed by atoms with Crippen LogP contribution in [0.4, 0.5) is 0 Å². The molecule has 0 heterocycles. The van der Waals surface area contributed by atoms with Gasteiger partial charge in [0, 0.05) is 8.07 Å². The lowest BCUT2D eigenvalue weighted by molar-refractivity contribution is 0.422. The summed E-state index contributed by atoms with van der Waals surface area (Å²) in [6, 6.07) is 5.75. The van der Waals surface area contributed by atoms with E-state index in [1.54, 1.807) is 0 Å². The summed E-state index contributed by atoms with van der Waals surface area (Å²) in [7, 11) is -1.04. The van der Waals surface area contributed by atoms with Crippen molar-refractivity contribution in [2.45, 2.75) is 84.5 Å². The van der Waals surface area contributed by atoms with Crippen molar-refractivity contribution in [3.63, 3.8) is 0 Å². The van der Waals surface area contributed by atoms with Crippen molar-refractivity contribution in [3.8, 4) is 5.75 Å². The molecule has 1 rings (SSSR count). The molecule has 1 aromatic rings. The van der Waals surface area contributed by atoms with Gasteiger partial charge in [0.2, 0.25) is 0 Å². The number of hydrogen-bond acceptors (Lipinski definition) is 1. The molecule has 0 atom stereocenters. The number of aryl methyl sites for hydroxylation is 1. The lowest BCUT2D eigenvalue weighted by Gasteiger charge is -2.28. The number of phenolic OH excluding ortho intramolecular Hbond substituents is 1. The van der Waals surface area contributed by atoms with Crippen LogP contribution in [0.1, 0.15) is 58.2 Å². The zero-order valence-corrected chi connectivity index (χ0v) is 16.5. The molecule has 0 saturated heterocycles. The second-order valence-corrected chi connectivity index (χ2v) is 15.2. The number of aromatic hydroxyl groups is 1.